The number of anilines is 1. The first-order chi connectivity index (χ1) is 13.3. The maximum absolute atomic E-state index is 12.8. The number of benzene rings is 2. The average Bonchev–Trinajstić information content (AvgIpc) is 2.67. The van der Waals surface area contributed by atoms with Gasteiger partial charge < -0.3 is 18.9 Å². The van der Waals surface area contributed by atoms with Crippen molar-refractivity contribution in [1.29, 1.82) is 0 Å². The summed E-state index contributed by atoms with van der Waals surface area (Å²) in [5.41, 5.74) is -0.193. The second-order valence-electron chi connectivity index (χ2n) is 5.40. The lowest BCUT2D eigenvalue weighted by molar-refractivity contribution is -0.385. The van der Waals surface area contributed by atoms with E-state index in [2.05, 4.69) is 4.72 Å². The summed E-state index contributed by atoms with van der Waals surface area (Å²) in [7, 11) is 0.0791. The molecule has 1 N–H and O–H groups in total. The van der Waals surface area contributed by atoms with Crippen LogP contribution in [0.3, 0.4) is 0 Å². The quantitative estimate of drug-likeness (QED) is 0.358. The second-order valence-corrected chi connectivity index (χ2v) is 7.06. The number of rotatable bonds is 10. The van der Waals surface area contributed by atoms with Gasteiger partial charge in [0, 0.05) is 25.3 Å². The zero-order valence-corrected chi connectivity index (χ0v) is 16.3. The van der Waals surface area contributed by atoms with Gasteiger partial charge in [-0.3, -0.25) is 14.8 Å². The van der Waals surface area contributed by atoms with E-state index in [1.807, 2.05) is 0 Å². The standard InChI is InChI=1S/C17H20N2O8S/c1-24-8-9-27-16-10-12(4-6-14(16)25-2)18-28(22,23)17-11-13(19(20)21)5-7-15(17)26-3/h4-7,10-11,18H,8-9H2,1-3H3. The number of nitro benzene ring substituents is 1. The molecular weight excluding hydrogens is 392 g/mol. The van der Waals surface area contributed by atoms with Crippen molar-refractivity contribution in [2.45, 2.75) is 4.90 Å². The lowest BCUT2D eigenvalue weighted by Gasteiger charge is -2.14. The Hall–Kier alpha value is -3.05. The van der Waals surface area contributed by atoms with Crippen molar-refractivity contribution in [2.75, 3.05) is 39.3 Å². The van der Waals surface area contributed by atoms with Crippen LogP contribution >= 0.6 is 0 Å². The van der Waals surface area contributed by atoms with Crippen LogP contribution in [-0.2, 0) is 14.8 Å². The van der Waals surface area contributed by atoms with Gasteiger partial charge in [-0.2, -0.15) is 0 Å². The Morgan fingerprint density at radius 2 is 1.64 bits per heavy atom. The molecule has 0 atom stereocenters. The highest BCUT2D eigenvalue weighted by molar-refractivity contribution is 7.92. The lowest BCUT2D eigenvalue weighted by atomic mass is 10.3. The largest absolute Gasteiger partial charge is 0.495 e. The van der Waals surface area contributed by atoms with Crippen LogP contribution in [0.1, 0.15) is 0 Å². The Labute approximate surface area is 162 Å². The van der Waals surface area contributed by atoms with Crippen LogP contribution in [0.4, 0.5) is 11.4 Å². The fourth-order valence-electron chi connectivity index (χ4n) is 2.29. The third-order valence-corrected chi connectivity index (χ3v) is 5.01. The van der Waals surface area contributed by atoms with Gasteiger partial charge in [0.25, 0.3) is 15.7 Å². The fourth-order valence-corrected chi connectivity index (χ4v) is 3.53. The maximum atomic E-state index is 12.8. The molecule has 2 aromatic carbocycles. The Kier molecular flexibility index (Phi) is 7.01. The van der Waals surface area contributed by atoms with E-state index in [4.69, 9.17) is 18.9 Å². The molecule has 0 unspecified atom stereocenters. The van der Waals surface area contributed by atoms with Gasteiger partial charge in [0.15, 0.2) is 11.5 Å². The van der Waals surface area contributed by atoms with E-state index >= 15 is 0 Å². The summed E-state index contributed by atoms with van der Waals surface area (Å²) in [5.74, 6) is 0.695. The normalized spacial score (nSPS) is 11.0. The number of hydrogen-bond acceptors (Lipinski definition) is 8. The molecule has 152 valence electrons. The molecule has 0 spiro atoms. The molecule has 0 radical (unpaired) electrons. The van der Waals surface area contributed by atoms with Crippen molar-refractivity contribution in [2.24, 2.45) is 0 Å². The first kappa shape index (κ1) is 21.3. The van der Waals surface area contributed by atoms with Crippen LogP contribution in [-0.4, -0.2) is 47.9 Å². The van der Waals surface area contributed by atoms with Gasteiger partial charge in [-0.25, -0.2) is 8.42 Å². The highest BCUT2D eigenvalue weighted by Crippen LogP contribution is 2.33. The summed E-state index contributed by atoms with van der Waals surface area (Å²) < 4.78 is 48.6. The van der Waals surface area contributed by atoms with E-state index in [1.165, 1.54) is 45.6 Å². The van der Waals surface area contributed by atoms with Gasteiger partial charge >= 0.3 is 0 Å². The number of nitro groups is 1. The van der Waals surface area contributed by atoms with Gasteiger partial charge in [0.1, 0.15) is 17.3 Å². The van der Waals surface area contributed by atoms with Gasteiger partial charge in [-0.05, 0) is 18.2 Å². The molecule has 2 rings (SSSR count). The number of ether oxygens (including phenoxy) is 4. The molecule has 0 aliphatic heterocycles. The van der Waals surface area contributed by atoms with Crippen molar-refractivity contribution in [3.05, 3.63) is 46.5 Å². The molecular formula is C17H20N2O8S. The van der Waals surface area contributed by atoms with Crippen molar-refractivity contribution in [1.82, 2.24) is 0 Å². The second kappa shape index (κ2) is 9.24. The highest BCUT2D eigenvalue weighted by atomic mass is 32.2. The number of methoxy groups -OCH3 is 3. The summed E-state index contributed by atoms with van der Waals surface area (Å²) in [4.78, 5) is 9.94. The predicted octanol–water partition coefficient (Wildman–Crippen LogP) is 2.44. The van der Waals surface area contributed by atoms with Crippen LogP contribution in [0, 0.1) is 10.1 Å². The number of sulfonamides is 1. The number of hydrogen-bond donors (Lipinski definition) is 1. The Balaban J connectivity index is 2.37. The van der Waals surface area contributed by atoms with Crippen LogP contribution in [0.25, 0.3) is 0 Å². The Morgan fingerprint density at radius 1 is 0.964 bits per heavy atom. The summed E-state index contributed by atoms with van der Waals surface area (Å²) in [6.45, 7) is 0.575. The number of nitrogens with zero attached hydrogens (tertiary/aromatic N) is 1. The monoisotopic (exact) mass is 412 g/mol. The molecule has 28 heavy (non-hydrogen) atoms. The molecule has 10 nitrogen and oxygen atoms in total. The van der Waals surface area contributed by atoms with Crippen molar-refractivity contribution in [3.8, 4) is 17.2 Å². The number of nitrogens with one attached hydrogen (secondary N) is 1. The average molecular weight is 412 g/mol. The van der Waals surface area contributed by atoms with E-state index < -0.39 is 14.9 Å². The van der Waals surface area contributed by atoms with E-state index in [-0.39, 0.29) is 28.6 Å². The van der Waals surface area contributed by atoms with Crippen LogP contribution in [0.2, 0.25) is 0 Å². The van der Waals surface area contributed by atoms with E-state index in [0.717, 1.165) is 12.1 Å². The Bertz CT molecular complexity index is 946. The minimum Gasteiger partial charge on any atom is -0.495 e. The van der Waals surface area contributed by atoms with E-state index in [9.17, 15) is 18.5 Å². The smallest absolute Gasteiger partial charge is 0.271 e. The molecule has 0 saturated carbocycles. The summed E-state index contributed by atoms with van der Waals surface area (Å²) in [6, 6.07) is 7.76. The minimum absolute atomic E-state index is 0.0248. The van der Waals surface area contributed by atoms with Gasteiger partial charge in [0.2, 0.25) is 0 Å². The Morgan fingerprint density at radius 3 is 2.25 bits per heavy atom. The van der Waals surface area contributed by atoms with Crippen molar-refractivity contribution in [3.63, 3.8) is 0 Å². The summed E-state index contributed by atoms with van der Waals surface area (Å²) in [5, 5.41) is 11.0. The third kappa shape index (κ3) is 5.02. The molecule has 0 aliphatic carbocycles. The fraction of sp³-hybridized carbons (Fsp3) is 0.294. The van der Waals surface area contributed by atoms with E-state index in [1.54, 1.807) is 0 Å². The molecule has 0 aromatic heterocycles. The van der Waals surface area contributed by atoms with Crippen LogP contribution in [0.15, 0.2) is 41.3 Å². The lowest BCUT2D eigenvalue weighted by Crippen LogP contribution is -2.14. The maximum Gasteiger partial charge on any atom is 0.271 e. The minimum atomic E-state index is -4.17. The summed E-state index contributed by atoms with van der Waals surface area (Å²) in [6.07, 6.45) is 0. The first-order valence-corrected chi connectivity index (χ1v) is 9.45. The van der Waals surface area contributed by atoms with Gasteiger partial charge in [-0.1, -0.05) is 0 Å². The zero-order valence-electron chi connectivity index (χ0n) is 15.5. The van der Waals surface area contributed by atoms with Crippen LogP contribution < -0.4 is 18.9 Å². The molecule has 11 heteroatoms. The molecule has 0 bridgehead atoms. The SMILES string of the molecule is COCCOc1cc(NS(=O)(=O)c2cc([N+](=O)[O-])ccc2OC)ccc1OC. The molecule has 0 aliphatic rings. The molecule has 0 saturated heterocycles. The third-order valence-electron chi connectivity index (χ3n) is 3.61. The van der Waals surface area contributed by atoms with Gasteiger partial charge in [0.05, 0.1) is 31.4 Å². The number of non-ortho nitro benzene ring substituents is 1. The first-order valence-electron chi connectivity index (χ1n) is 7.97. The van der Waals surface area contributed by atoms with Crippen LogP contribution in [0.5, 0.6) is 17.2 Å². The molecule has 0 fully saturated rings. The van der Waals surface area contributed by atoms with Crippen molar-refractivity contribution < 1.29 is 32.3 Å². The highest BCUT2D eigenvalue weighted by Gasteiger charge is 2.23. The molecule has 0 heterocycles. The molecule has 2 aromatic rings. The predicted molar refractivity (Wildman–Crippen MR) is 101 cm³/mol. The van der Waals surface area contributed by atoms with E-state index in [0.29, 0.717) is 18.1 Å². The molecule has 0 amide bonds. The topological polar surface area (TPSA) is 126 Å². The van der Waals surface area contributed by atoms with Crippen molar-refractivity contribution >= 4 is 21.4 Å². The zero-order chi connectivity index (χ0) is 20.7. The summed E-state index contributed by atoms with van der Waals surface area (Å²) >= 11 is 0. The van der Waals surface area contributed by atoms with Gasteiger partial charge in [-0.15, -0.1) is 0 Å².